The number of nitrogens with one attached hydrogen (secondary N) is 1. The van der Waals surface area contributed by atoms with Crippen molar-refractivity contribution >= 4 is 0 Å². The summed E-state index contributed by atoms with van der Waals surface area (Å²) in [5, 5.41) is 0. The zero-order chi connectivity index (χ0) is 13.8. The van der Waals surface area contributed by atoms with Crippen LogP contribution in [0.4, 0.5) is 0 Å². The van der Waals surface area contributed by atoms with E-state index in [4.69, 9.17) is 5.84 Å². The van der Waals surface area contributed by atoms with Crippen LogP contribution in [0, 0.1) is 11.8 Å². The van der Waals surface area contributed by atoms with Gasteiger partial charge in [0.2, 0.25) is 0 Å². The number of nitrogens with zero attached hydrogens (tertiary/aromatic N) is 1. The van der Waals surface area contributed by atoms with E-state index in [1.54, 1.807) is 0 Å². The fourth-order valence-electron chi connectivity index (χ4n) is 3.61. The van der Waals surface area contributed by atoms with Gasteiger partial charge in [-0.05, 0) is 51.6 Å². The minimum Gasteiger partial charge on any atom is -0.302 e. The van der Waals surface area contributed by atoms with Gasteiger partial charge in [-0.15, -0.1) is 0 Å². The highest BCUT2D eigenvalue weighted by atomic mass is 15.3. The lowest BCUT2D eigenvalue weighted by Gasteiger charge is -2.50. The van der Waals surface area contributed by atoms with Crippen molar-refractivity contribution in [1.82, 2.24) is 10.3 Å². The lowest BCUT2D eigenvalue weighted by Crippen LogP contribution is -2.62. The summed E-state index contributed by atoms with van der Waals surface area (Å²) < 4.78 is 0. The van der Waals surface area contributed by atoms with Gasteiger partial charge in [-0.1, -0.05) is 33.6 Å². The molecule has 18 heavy (non-hydrogen) atoms. The fraction of sp³-hybridized carbons (Fsp3) is 1.00. The molecule has 0 aliphatic heterocycles. The van der Waals surface area contributed by atoms with Crippen LogP contribution in [0.3, 0.4) is 0 Å². The van der Waals surface area contributed by atoms with E-state index in [0.717, 1.165) is 11.8 Å². The van der Waals surface area contributed by atoms with E-state index in [1.807, 2.05) is 0 Å². The maximum Gasteiger partial charge on any atom is 0.0394 e. The SMILES string of the molecule is CC(C)CCC(NN)C1(N(C)C)CCCC(C)C1. The van der Waals surface area contributed by atoms with Gasteiger partial charge in [0.1, 0.15) is 0 Å². The zero-order valence-electron chi connectivity index (χ0n) is 13.0. The van der Waals surface area contributed by atoms with Crippen molar-refractivity contribution in [2.24, 2.45) is 17.7 Å². The highest BCUT2D eigenvalue weighted by Crippen LogP contribution is 2.39. The molecule has 1 saturated carbocycles. The molecular weight excluding hydrogens is 222 g/mol. The Morgan fingerprint density at radius 2 is 2.00 bits per heavy atom. The molecule has 1 aliphatic rings. The average Bonchev–Trinajstić information content (AvgIpc) is 2.29. The van der Waals surface area contributed by atoms with Gasteiger partial charge in [0.25, 0.3) is 0 Å². The predicted molar refractivity (Wildman–Crippen MR) is 79.2 cm³/mol. The van der Waals surface area contributed by atoms with Crippen LogP contribution in [-0.4, -0.2) is 30.6 Å². The van der Waals surface area contributed by atoms with E-state index in [2.05, 4.69) is 45.2 Å². The molecule has 0 heterocycles. The largest absolute Gasteiger partial charge is 0.302 e. The first-order valence-corrected chi connectivity index (χ1v) is 7.56. The Hall–Kier alpha value is -0.120. The summed E-state index contributed by atoms with van der Waals surface area (Å²) in [5.41, 5.74) is 3.38. The Balaban J connectivity index is 2.79. The maximum absolute atomic E-state index is 5.88. The molecule has 3 nitrogen and oxygen atoms in total. The molecule has 0 aromatic carbocycles. The molecule has 3 heteroatoms. The van der Waals surface area contributed by atoms with Crippen LogP contribution in [0.2, 0.25) is 0 Å². The third-order valence-corrected chi connectivity index (χ3v) is 4.78. The van der Waals surface area contributed by atoms with E-state index in [0.29, 0.717) is 6.04 Å². The smallest absolute Gasteiger partial charge is 0.0394 e. The molecule has 0 radical (unpaired) electrons. The van der Waals surface area contributed by atoms with Crippen LogP contribution in [0.5, 0.6) is 0 Å². The van der Waals surface area contributed by atoms with Gasteiger partial charge in [0.15, 0.2) is 0 Å². The Morgan fingerprint density at radius 3 is 2.44 bits per heavy atom. The molecule has 0 spiro atoms. The van der Waals surface area contributed by atoms with E-state index in [-0.39, 0.29) is 5.54 Å². The van der Waals surface area contributed by atoms with Crippen LogP contribution >= 0.6 is 0 Å². The summed E-state index contributed by atoms with van der Waals surface area (Å²) in [4.78, 5) is 2.42. The number of hydrazine groups is 1. The highest BCUT2D eigenvalue weighted by molar-refractivity contribution is 5.01. The molecule has 0 bridgehead atoms. The van der Waals surface area contributed by atoms with Crippen molar-refractivity contribution in [3.8, 4) is 0 Å². The van der Waals surface area contributed by atoms with Crippen molar-refractivity contribution in [2.75, 3.05) is 14.1 Å². The maximum atomic E-state index is 5.88. The highest BCUT2D eigenvalue weighted by Gasteiger charge is 2.42. The molecule has 1 rings (SSSR count). The molecule has 0 amide bonds. The van der Waals surface area contributed by atoms with E-state index in [9.17, 15) is 0 Å². The summed E-state index contributed by atoms with van der Waals surface area (Å²) in [7, 11) is 4.44. The summed E-state index contributed by atoms with van der Waals surface area (Å²) in [6, 6.07) is 0.414. The fourth-order valence-corrected chi connectivity index (χ4v) is 3.61. The lowest BCUT2D eigenvalue weighted by molar-refractivity contribution is 0.0325. The molecule has 0 aromatic rings. The Bertz CT molecular complexity index is 240. The monoisotopic (exact) mass is 255 g/mol. The first-order chi connectivity index (χ1) is 8.42. The van der Waals surface area contributed by atoms with E-state index < -0.39 is 0 Å². The van der Waals surface area contributed by atoms with Crippen LogP contribution < -0.4 is 11.3 Å². The summed E-state index contributed by atoms with van der Waals surface area (Å²) in [5.74, 6) is 7.45. The second-order valence-electron chi connectivity index (χ2n) is 6.89. The molecule has 3 atom stereocenters. The Morgan fingerprint density at radius 1 is 1.33 bits per heavy atom. The van der Waals surface area contributed by atoms with E-state index in [1.165, 1.54) is 38.5 Å². The molecule has 1 fully saturated rings. The standard InChI is InChI=1S/C15H33N3/c1-12(2)8-9-14(17-16)15(18(4)5)10-6-7-13(3)11-15/h12-14,17H,6-11,16H2,1-5H3. The third kappa shape index (κ3) is 3.69. The molecule has 3 N–H and O–H groups in total. The number of hydrogen-bond donors (Lipinski definition) is 2. The quantitative estimate of drug-likeness (QED) is 0.566. The van der Waals surface area contributed by atoms with Crippen LogP contribution in [-0.2, 0) is 0 Å². The van der Waals surface area contributed by atoms with Crippen molar-refractivity contribution < 1.29 is 0 Å². The van der Waals surface area contributed by atoms with Crippen molar-refractivity contribution in [3.63, 3.8) is 0 Å². The van der Waals surface area contributed by atoms with Gasteiger partial charge in [-0.3, -0.25) is 11.3 Å². The van der Waals surface area contributed by atoms with Gasteiger partial charge in [-0.25, -0.2) is 0 Å². The Labute approximate surface area is 113 Å². The van der Waals surface area contributed by atoms with Crippen LogP contribution in [0.1, 0.15) is 59.3 Å². The number of likely N-dealkylation sites (N-methyl/N-ethyl adjacent to an activating group) is 1. The van der Waals surface area contributed by atoms with Gasteiger partial charge < -0.3 is 4.90 Å². The summed E-state index contributed by atoms with van der Waals surface area (Å²) in [6.07, 6.45) is 7.68. The van der Waals surface area contributed by atoms with Gasteiger partial charge in [-0.2, -0.15) is 0 Å². The number of nitrogens with two attached hydrogens (primary N) is 1. The molecular formula is C15H33N3. The minimum absolute atomic E-state index is 0.251. The number of hydrogen-bond acceptors (Lipinski definition) is 3. The third-order valence-electron chi connectivity index (χ3n) is 4.78. The molecule has 0 saturated heterocycles. The lowest BCUT2D eigenvalue weighted by atomic mass is 9.70. The van der Waals surface area contributed by atoms with Crippen molar-refractivity contribution in [1.29, 1.82) is 0 Å². The Kier molecular flexibility index (Phi) is 6.09. The molecule has 108 valence electrons. The van der Waals surface area contributed by atoms with E-state index >= 15 is 0 Å². The molecule has 1 aliphatic carbocycles. The van der Waals surface area contributed by atoms with Gasteiger partial charge in [0.05, 0.1) is 0 Å². The number of rotatable bonds is 6. The average molecular weight is 255 g/mol. The molecule has 3 unspecified atom stereocenters. The van der Waals surface area contributed by atoms with Crippen LogP contribution in [0.15, 0.2) is 0 Å². The van der Waals surface area contributed by atoms with Gasteiger partial charge >= 0.3 is 0 Å². The normalized spacial score (nSPS) is 31.0. The van der Waals surface area contributed by atoms with Gasteiger partial charge in [0, 0.05) is 11.6 Å². The topological polar surface area (TPSA) is 41.3 Å². The first-order valence-electron chi connectivity index (χ1n) is 7.56. The van der Waals surface area contributed by atoms with Crippen molar-refractivity contribution in [3.05, 3.63) is 0 Å². The summed E-state index contributed by atoms with van der Waals surface area (Å²) in [6.45, 7) is 6.96. The second kappa shape index (κ2) is 6.88. The van der Waals surface area contributed by atoms with Crippen molar-refractivity contribution in [2.45, 2.75) is 70.9 Å². The minimum atomic E-state index is 0.251. The van der Waals surface area contributed by atoms with Crippen LogP contribution in [0.25, 0.3) is 0 Å². The predicted octanol–water partition coefficient (Wildman–Crippen LogP) is 2.77. The summed E-state index contributed by atoms with van der Waals surface area (Å²) >= 11 is 0. The first kappa shape index (κ1) is 15.9. The molecule has 0 aromatic heterocycles. The zero-order valence-corrected chi connectivity index (χ0v) is 13.0. The second-order valence-corrected chi connectivity index (χ2v) is 6.89.